The summed E-state index contributed by atoms with van der Waals surface area (Å²) in [6.45, 7) is 5.29. The van der Waals surface area contributed by atoms with Crippen molar-refractivity contribution < 1.29 is 18.8 Å². The lowest BCUT2D eigenvalue weighted by Gasteiger charge is -2.28. The number of amides is 3. The summed E-state index contributed by atoms with van der Waals surface area (Å²) in [6.07, 6.45) is 5.23. The quantitative estimate of drug-likeness (QED) is 0.588. The molecule has 1 aliphatic heterocycles. The Kier molecular flexibility index (Phi) is 9.09. The van der Waals surface area contributed by atoms with Gasteiger partial charge < -0.3 is 15.5 Å². The highest BCUT2D eigenvalue weighted by atomic mass is 19.1. The number of nitrogens with one attached hydrogen (secondary N) is 2. The van der Waals surface area contributed by atoms with E-state index in [4.69, 9.17) is 0 Å². The average Bonchev–Trinajstić information content (AvgIpc) is 3.21. The van der Waals surface area contributed by atoms with E-state index in [-0.39, 0.29) is 36.7 Å². The van der Waals surface area contributed by atoms with Crippen molar-refractivity contribution in [2.75, 3.05) is 19.6 Å². The molecule has 1 fully saturated rings. The molecule has 1 aromatic carbocycles. The van der Waals surface area contributed by atoms with Crippen LogP contribution in [0.1, 0.15) is 62.7 Å². The van der Waals surface area contributed by atoms with E-state index in [9.17, 15) is 18.8 Å². The Morgan fingerprint density at radius 3 is 2.48 bits per heavy atom. The topological polar surface area (TPSA) is 78.5 Å². The first kappa shape index (κ1) is 22.8. The van der Waals surface area contributed by atoms with Crippen LogP contribution >= 0.6 is 0 Å². The van der Waals surface area contributed by atoms with E-state index in [2.05, 4.69) is 17.6 Å². The van der Waals surface area contributed by atoms with Crippen molar-refractivity contribution in [1.29, 1.82) is 0 Å². The first-order valence-electron chi connectivity index (χ1n) is 10.6. The smallest absolute Gasteiger partial charge is 0.251 e. The van der Waals surface area contributed by atoms with Crippen LogP contribution in [-0.2, 0) is 9.59 Å². The van der Waals surface area contributed by atoms with Gasteiger partial charge in [0.2, 0.25) is 11.8 Å². The van der Waals surface area contributed by atoms with E-state index in [1.54, 1.807) is 4.90 Å². The Morgan fingerprint density at radius 1 is 1.14 bits per heavy atom. The van der Waals surface area contributed by atoms with E-state index < -0.39 is 11.9 Å². The minimum atomic E-state index is -0.425. The third-order valence-corrected chi connectivity index (χ3v) is 5.40. The molecule has 0 unspecified atom stereocenters. The third kappa shape index (κ3) is 6.54. The van der Waals surface area contributed by atoms with Crippen molar-refractivity contribution in [2.24, 2.45) is 5.92 Å². The number of halogens is 1. The summed E-state index contributed by atoms with van der Waals surface area (Å²) >= 11 is 0. The highest BCUT2D eigenvalue weighted by Crippen LogP contribution is 2.23. The van der Waals surface area contributed by atoms with Crippen LogP contribution in [0, 0.1) is 11.7 Å². The Hall–Kier alpha value is -2.44. The van der Waals surface area contributed by atoms with Gasteiger partial charge in [0.15, 0.2) is 0 Å². The summed E-state index contributed by atoms with van der Waals surface area (Å²) in [5.74, 6) is -0.818. The highest BCUT2D eigenvalue weighted by molar-refractivity contribution is 5.94. The predicted octanol–water partition coefficient (Wildman–Crippen LogP) is 2.88. The van der Waals surface area contributed by atoms with E-state index in [1.165, 1.54) is 24.3 Å². The molecule has 0 radical (unpaired) electrons. The van der Waals surface area contributed by atoms with E-state index in [0.29, 0.717) is 18.5 Å². The number of hydrogen-bond donors (Lipinski definition) is 2. The minimum absolute atomic E-state index is 0.0154. The molecule has 1 heterocycles. The van der Waals surface area contributed by atoms with Crippen molar-refractivity contribution in [1.82, 2.24) is 15.5 Å². The van der Waals surface area contributed by atoms with Gasteiger partial charge >= 0.3 is 0 Å². The van der Waals surface area contributed by atoms with Crippen molar-refractivity contribution in [3.8, 4) is 0 Å². The summed E-state index contributed by atoms with van der Waals surface area (Å²) in [5, 5.41) is 5.51. The molecule has 0 aromatic heterocycles. The zero-order valence-electron chi connectivity index (χ0n) is 17.4. The van der Waals surface area contributed by atoms with Gasteiger partial charge in [0.05, 0.1) is 0 Å². The standard InChI is InChI=1S/C22H32FN3O3/c1-3-5-7-16(4-2)22(29)26-15-6-8-19(26)21(28)25-14-13-24-20(27)17-9-11-18(23)12-10-17/h9-12,16,19H,3-8,13-15H2,1-2H3,(H,24,27)(H,25,28)/t16-,19-/m0/s1. The molecule has 3 amide bonds. The van der Waals surface area contributed by atoms with Crippen molar-refractivity contribution in [2.45, 2.75) is 58.4 Å². The molecule has 2 rings (SSSR count). The van der Waals surface area contributed by atoms with Gasteiger partial charge in [-0.1, -0.05) is 26.7 Å². The van der Waals surface area contributed by atoms with Crippen LogP contribution in [0.3, 0.4) is 0 Å². The van der Waals surface area contributed by atoms with Crippen LogP contribution in [0.25, 0.3) is 0 Å². The van der Waals surface area contributed by atoms with Gasteiger partial charge in [-0.2, -0.15) is 0 Å². The Bertz CT molecular complexity index is 693. The molecule has 0 saturated carbocycles. The predicted molar refractivity (Wildman–Crippen MR) is 110 cm³/mol. The maximum Gasteiger partial charge on any atom is 0.251 e. The van der Waals surface area contributed by atoms with Crippen molar-refractivity contribution in [3.05, 3.63) is 35.6 Å². The second-order valence-electron chi connectivity index (χ2n) is 7.49. The summed E-state index contributed by atoms with van der Waals surface area (Å²) in [7, 11) is 0. The maximum atomic E-state index is 12.9. The molecule has 0 spiro atoms. The second-order valence-corrected chi connectivity index (χ2v) is 7.49. The Labute approximate surface area is 172 Å². The average molecular weight is 406 g/mol. The SMILES string of the molecule is CCCC[C@H](CC)C(=O)N1CCC[C@H]1C(=O)NCCNC(=O)c1ccc(F)cc1. The minimum Gasteiger partial charge on any atom is -0.353 e. The monoisotopic (exact) mass is 405 g/mol. The zero-order chi connectivity index (χ0) is 21.2. The van der Waals surface area contributed by atoms with E-state index >= 15 is 0 Å². The zero-order valence-corrected chi connectivity index (χ0v) is 17.4. The summed E-state index contributed by atoms with van der Waals surface area (Å²) in [6, 6.07) is 4.85. The number of unbranched alkanes of at least 4 members (excludes halogenated alkanes) is 1. The summed E-state index contributed by atoms with van der Waals surface area (Å²) in [5.41, 5.74) is 0.364. The molecular weight excluding hydrogens is 373 g/mol. The fraction of sp³-hybridized carbons (Fsp3) is 0.591. The number of likely N-dealkylation sites (tertiary alicyclic amines) is 1. The molecule has 29 heavy (non-hydrogen) atoms. The first-order valence-corrected chi connectivity index (χ1v) is 10.6. The van der Waals surface area contributed by atoms with Crippen molar-refractivity contribution >= 4 is 17.7 Å². The molecule has 0 aliphatic carbocycles. The van der Waals surface area contributed by atoms with Crippen molar-refractivity contribution in [3.63, 3.8) is 0 Å². The van der Waals surface area contributed by atoms with Gasteiger partial charge in [0.1, 0.15) is 11.9 Å². The summed E-state index contributed by atoms with van der Waals surface area (Å²) in [4.78, 5) is 39.2. The van der Waals surface area contributed by atoms with Crippen LogP contribution in [-0.4, -0.2) is 48.3 Å². The Balaban J connectivity index is 1.79. The molecular formula is C22H32FN3O3. The molecule has 160 valence electrons. The number of rotatable bonds is 10. The molecule has 1 aromatic rings. The van der Waals surface area contributed by atoms with Crippen LogP contribution in [0.5, 0.6) is 0 Å². The molecule has 7 heteroatoms. The molecule has 0 bridgehead atoms. The van der Waals surface area contributed by atoms with E-state index in [1.807, 2.05) is 6.92 Å². The third-order valence-electron chi connectivity index (χ3n) is 5.40. The Morgan fingerprint density at radius 2 is 1.83 bits per heavy atom. The van der Waals surface area contributed by atoms with Gasteiger partial charge in [0.25, 0.3) is 5.91 Å². The van der Waals surface area contributed by atoms with Crippen LogP contribution in [0.2, 0.25) is 0 Å². The van der Waals surface area contributed by atoms with Crippen LogP contribution < -0.4 is 10.6 Å². The molecule has 2 N–H and O–H groups in total. The molecule has 1 aliphatic rings. The first-order chi connectivity index (χ1) is 14.0. The summed E-state index contributed by atoms with van der Waals surface area (Å²) < 4.78 is 12.9. The number of carbonyl (C=O) groups excluding carboxylic acids is 3. The van der Waals surface area contributed by atoms with Gasteiger partial charge in [0, 0.05) is 31.1 Å². The molecule has 1 saturated heterocycles. The number of benzene rings is 1. The molecule has 2 atom stereocenters. The normalized spacial score (nSPS) is 17.1. The lowest BCUT2D eigenvalue weighted by atomic mass is 9.97. The fourth-order valence-electron chi connectivity index (χ4n) is 3.67. The lowest BCUT2D eigenvalue weighted by Crippen LogP contribution is -2.49. The number of nitrogens with zero attached hydrogens (tertiary/aromatic N) is 1. The lowest BCUT2D eigenvalue weighted by molar-refractivity contribution is -0.141. The van der Waals surface area contributed by atoms with Gasteiger partial charge in [-0.3, -0.25) is 14.4 Å². The molecule has 6 nitrogen and oxygen atoms in total. The number of carbonyl (C=O) groups is 3. The largest absolute Gasteiger partial charge is 0.353 e. The highest BCUT2D eigenvalue weighted by Gasteiger charge is 2.36. The fourth-order valence-corrected chi connectivity index (χ4v) is 3.67. The van der Waals surface area contributed by atoms with Crippen LogP contribution in [0.15, 0.2) is 24.3 Å². The van der Waals surface area contributed by atoms with Gasteiger partial charge in [-0.05, 0) is 49.9 Å². The second kappa shape index (κ2) is 11.5. The van der Waals surface area contributed by atoms with Crippen LogP contribution in [0.4, 0.5) is 4.39 Å². The van der Waals surface area contributed by atoms with E-state index in [0.717, 1.165) is 32.1 Å². The van der Waals surface area contributed by atoms with Gasteiger partial charge in [-0.25, -0.2) is 4.39 Å². The maximum absolute atomic E-state index is 12.9. The number of hydrogen-bond acceptors (Lipinski definition) is 3. The van der Waals surface area contributed by atoms with Gasteiger partial charge in [-0.15, -0.1) is 0 Å².